The topological polar surface area (TPSA) is 34.0 Å². The molecule has 0 aliphatic rings. The molecule has 0 spiro atoms. The van der Waals surface area contributed by atoms with Crippen LogP contribution in [0.2, 0.25) is 0 Å². The number of nitrogens with one attached hydrogen (secondary N) is 1. The minimum Gasteiger partial charge on any atom is -0.341 e. The molecule has 0 radical (unpaired) electrons. The predicted octanol–water partition coefficient (Wildman–Crippen LogP) is 5.79. The molecular weight excluding hydrogens is 340 g/mol. The van der Waals surface area contributed by atoms with Crippen molar-refractivity contribution in [3.05, 3.63) is 72.3 Å². The van der Waals surface area contributed by atoms with Crippen LogP contribution in [0.5, 0.6) is 0 Å². The van der Waals surface area contributed by atoms with Crippen LogP contribution in [-0.4, -0.2) is 16.7 Å². The van der Waals surface area contributed by atoms with Crippen molar-refractivity contribution in [1.29, 1.82) is 0 Å². The molecule has 0 aliphatic carbocycles. The second kappa shape index (κ2) is 6.89. The summed E-state index contributed by atoms with van der Waals surface area (Å²) in [6, 6.07) is 22.2. The van der Waals surface area contributed by atoms with Gasteiger partial charge in [0.05, 0.1) is 5.56 Å². The SMILES string of the molecule is CCn1c2ccccc2c2cc(NC(=O)c3ccccc3SC)ccc21. The molecule has 0 bridgehead atoms. The van der Waals surface area contributed by atoms with E-state index in [9.17, 15) is 4.79 Å². The Kier molecular flexibility index (Phi) is 4.43. The first-order valence-electron chi connectivity index (χ1n) is 8.68. The Balaban J connectivity index is 1.76. The summed E-state index contributed by atoms with van der Waals surface area (Å²) < 4.78 is 2.30. The van der Waals surface area contributed by atoms with Gasteiger partial charge in [0, 0.05) is 38.9 Å². The predicted molar refractivity (Wildman–Crippen MR) is 111 cm³/mol. The third kappa shape index (κ3) is 2.76. The van der Waals surface area contributed by atoms with Crippen molar-refractivity contribution in [3.8, 4) is 0 Å². The third-order valence-electron chi connectivity index (χ3n) is 4.70. The van der Waals surface area contributed by atoms with Gasteiger partial charge < -0.3 is 9.88 Å². The number of nitrogens with zero attached hydrogens (tertiary/aromatic N) is 1. The smallest absolute Gasteiger partial charge is 0.256 e. The number of benzene rings is 3. The summed E-state index contributed by atoms with van der Waals surface area (Å²) >= 11 is 1.58. The van der Waals surface area contributed by atoms with Crippen LogP contribution in [0.15, 0.2) is 71.6 Å². The molecule has 0 saturated carbocycles. The largest absolute Gasteiger partial charge is 0.341 e. The maximum Gasteiger partial charge on any atom is 0.256 e. The van der Waals surface area contributed by atoms with Crippen molar-refractivity contribution in [2.24, 2.45) is 0 Å². The van der Waals surface area contributed by atoms with Crippen molar-refractivity contribution in [2.75, 3.05) is 11.6 Å². The number of fused-ring (bicyclic) bond motifs is 3. The van der Waals surface area contributed by atoms with Crippen molar-refractivity contribution < 1.29 is 4.79 Å². The fourth-order valence-corrected chi connectivity index (χ4v) is 4.10. The van der Waals surface area contributed by atoms with Crippen LogP contribution in [0.3, 0.4) is 0 Å². The van der Waals surface area contributed by atoms with Gasteiger partial charge in [-0.25, -0.2) is 0 Å². The molecule has 1 heterocycles. The van der Waals surface area contributed by atoms with Gasteiger partial charge in [-0.1, -0.05) is 30.3 Å². The molecule has 26 heavy (non-hydrogen) atoms. The van der Waals surface area contributed by atoms with Crippen molar-refractivity contribution >= 4 is 45.2 Å². The Morgan fingerprint density at radius 3 is 2.50 bits per heavy atom. The van der Waals surface area contributed by atoms with Gasteiger partial charge in [0.1, 0.15) is 0 Å². The highest BCUT2D eigenvalue weighted by molar-refractivity contribution is 7.98. The standard InChI is InChI=1S/C22H20N2OS/c1-3-24-19-10-6-4-8-16(19)18-14-15(12-13-20(18)24)23-22(25)17-9-5-7-11-21(17)26-2/h4-14H,3H2,1-2H3,(H,23,25). The Morgan fingerprint density at radius 1 is 0.962 bits per heavy atom. The molecular formula is C22H20N2OS. The Hall–Kier alpha value is -2.72. The molecule has 0 saturated heterocycles. The van der Waals surface area contributed by atoms with E-state index in [2.05, 4.69) is 53.2 Å². The van der Waals surface area contributed by atoms with E-state index in [0.29, 0.717) is 5.56 Å². The van der Waals surface area contributed by atoms with Crippen molar-refractivity contribution in [1.82, 2.24) is 4.57 Å². The number of hydrogen-bond donors (Lipinski definition) is 1. The Labute approximate surface area is 157 Å². The number of amides is 1. The van der Waals surface area contributed by atoms with Gasteiger partial charge in [-0.15, -0.1) is 11.8 Å². The molecule has 1 N–H and O–H groups in total. The molecule has 1 aromatic heterocycles. The molecule has 0 atom stereocenters. The molecule has 0 unspecified atom stereocenters. The fourth-order valence-electron chi connectivity index (χ4n) is 3.50. The van der Waals surface area contributed by atoms with Gasteiger partial charge >= 0.3 is 0 Å². The number of aryl methyl sites for hydroxylation is 1. The first-order chi connectivity index (χ1) is 12.7. The van der Waals surface area contributed by atoms with Gasteiger partial charge in [-0.2, -0.15) is 0 Å². The lowest BCUT2D eigenvalue weighted by atomic mass is 10.1. The zero-order chi connectivity index (χ0) is 18.1. The van der Waals surface area contributed by atoms with E-state index in [0.717, 1.165) is 17.1 Å². The van der Waals surface area contributed by atoms with Gasteiger partial charge in [0.25, 0.3) is 5.91 Å². The van der Waals surface area contributed by atoms with E-state index < -0.39 is 0 Å². The van der Waals surface area contributed by atoms with E-state index in [1.54, 1.807) is 11.8 Å². The normalized spacial score (nSPS) is 11.2. The summed E-state index contributed by atoms with van der Waals surface area (Å²) in [7, 11) is 0. The fraction of sp³-hybridized carbons (Fsp3) is 0.136. The summed E-state index contributed by atoms with van der Waals surface area (Å²) in [5.74, 6) is -0.0754. The highest BCUT2D eigenvalue weighted by atomic mass is 32.2. The molecule has 4 rings (SSSR count). The monoisotopic (exact) mass is 360 g/mol. The van der Waals surface area contributed by atoms with Crippen LogP contribution >= 0.6 is 11.8 Å². The van der Waals surface area contributed by atoms with Gasteiger partial charge in [0.15, 0.2) is 0 Å². The number of para-hydroxylation sites is 1. The summed E-state index contributed by atoms with van der Waals surface area (Å²) in [5.41, 5.74) is 3.94. The summed E-state index contributed by atoms with van der Waals surface area (Å²) in [6.07, 6.45) is 1.98. The maximum absolute atomic E-state index is 12.7. The van der Waals surface area contributed by atoms with E-state index in [1.165, 1.54) is 21.8 Å². The molecule has 4 aromatic rings. The zero-order valence-electron chi connectivity index (χ0n) is 14.8. The highest BCUT2D eigenvalue weighted by Gasteiger charge is 2.13. The highest BCUT2D eigenvalue weighted by Crippen LogP contribution is 2.31. The number of thioether (sulfide) groups is 1. The van der Waals surface area contributed by atoms with Crippen molar-refractivity contribution in [3.63, 3.8) is 0 Å². The first kappa shape index (κ1) is 16.7. The molecule has 0 fully saturated rings. The van der Waals surface area contributed by atoms with Crippen LogP contribution in [0.1, 0.15) is 17.3 Å². The minimum absolute atomic E-state index is 0.0754. The third-order valence-corrected chi connectivity index (χ3v) is 5.49. The second-order valence-electron chi connectivity index (χ2n) is 6.15. The lowest BCUT2D eigenvalue weighted by Gasteiger charge is -2.09. The van der Waals surface area contributed by atoms with Crippen LogP contribution in [0, 0.1) is 0 Å². The van der Waals surface area contributed by atoms with Crippen LogP contribution in [0.25, 0.3) is 21.8 Å². The number of rotatable bonds is 4. The summed E-state index contributed by atoms with van der Waals surface area (Å²) in [5, 5.41) is 5.43. The number of hydrogen-bond acceptors (Lipinski definition) is 2. The molecule has 3 aromatic carbocycles. The molecule has 130 valence electrons. The van der Waals surface area contributed by atoms with Gasteiger partial charge in [-0.3, -0.25) is 4.79 Å². The molecule has 0 aliphatic heterocycles. The quantitative estimate of drug-likeness (QED) is 0.467. The molecule has 1 amide bonds. The molecule has 4 heteroatoms. The number of anilines is 1. The maximum atomic E-state index is 12.7. The van der Waals surface area contributed by atoms with E-state index >= 15 is 0 Å². The Bertz CT molecular complexity index is 1110. The van der Waals surface area contributed by atoms with Crippen LogP contribution in [0.4, 0.5) is 5.69 Å². The lowest BCUT2D eigenvalue weighted by Crippen LogP contribution is -2.12. The van der Waals surface area contributed by atoms with Crippen LogP contribution in [-0.2, 0) is 6.54 Å². The summed E-state index contributed by atoms with van der Waals surface area (Å²) in [6.45, 7) is 3.07. The van der Waals surface area contributed by atoms with Gasteiger partial charge in [0.2, 0.25) is 0 Å². The second-order valence-corrected chi connectivity index (χ2v) is 7.00. The van der Waals surface area contributed by atoms with Crippen molar-refractivity contribution in [2.45, 2.75) is 18.4 Å². The first-order valence-corrected chi connectivity index (χ1v) is 9.90. The number of carbonyl (C=O) groups is 1. The van der Waals surface area contributed by atoms with Gasteiger partial charge in [-0.05, 0) is 49.6 Å². The van der Waals surface area contributed by atoms with E-state index in [4.69, 9.17) is 0 Å². The van der Waals surface area contributed by atoms with Crippen LogP contribution < -0.4 is 5.32 Å². The van der Waals surface area contributed by atoms with E-state index in [-0.39, 0.29) is 5.91 Å². The lowest BCUT2D eigenvalue weighted by molar-refractivity contribution is 0.102. The Morgan fingerprint density at radius 2 is 1.69 bits per heavy atom. The molecule has 3 nitrogen and oxygen atoms in total. The average Bonchev–Trinajstić information content (AvgIpc) is 3.01. The van der Waals surface area contributed by atoms with E-state index in [1.807, 2.05) is 36.6 Å². The summed E-state index contributed by atoms with van der Waals surface area (Å²) in [4.78, 5) is 13.7. The average molecular weight is 360 g/mol. The number of aromatic nitrogens is 1. The number of carbonyl (C=O) groups excluding carboxylic acids is 1. The zero-order valence-corrected chi connectivity index (χ0v) is 15.6. The minimum atomic E-state index is -0.0754.